The maximum absolute atomic E-state index is 11.9. The lowest BCUT2D eigenvalue weighted by molar-refractivity contribution is -0.149. The third kappa shape index (κ3) is 5.71. The molecule has 0 fully saturated rings. The molecule has 8 heteroatoms. The highest BCUT2D eigenvalue weighted by molar-refractivity contribution is 6.36. The molecule has 0 saturated heterocycles. The number of halogens is 1. The minimum absolute atomic E-state index is 0.117. The minimum atomic E-state index is -0.604. The number of rotatable bonds is 7. The van der Waals surface area contributed by atoms with Crippen molar-refractivity contribution >= 4 is 35.2 Å². The van der Waals surface area contributed by atoms with Crippen LogP contribution >= 0.6 is 11.8 Å². The average molecular weight is 328 g/mol. The Kier molecular flexibility index (Phi) is 7.34. The zero-order valence-corrected chi connectivity index (χ0v) is 13.0. The number of esters is 1. The summed E-state index contributed by atoms with van der Waals surface area (Å²) < 4.78 is 5.62. The molecule has 1 rings (SSSR count). The predicted octanol–water partition coefficient (Wildman–Crippen LogP) is 1.22. The molecule has 0 atom stereocenters. The van der Waals surface area contributed by atoms with Crippen LogP contribution in [0.25, 0.3) is 0 Å². The highest BCUT2D eigenvalue weighted by Crippen LogP contribution is 2.17. The second kappa shape index (κ2) is 9.01. The van der Waals surface area contributed by atoms with Crippen LogP contribution in [0.3, 0.4) is 0 Å². The SMILES string of the molecule is CCOC(=O)CN(N)C(=O)CCC(=O)N(Cl)c1ccccc1. The summed E-state index contributed by atoms with van der Waals surface area (Å²) in [6.45, 7) is 1.50. The maximum Gasteiger partial charge on any atom is 0.327 e. The van der Waals surface area contributed by atoms with Crippen molar-refractivity contribution in [2.45, 2.75) is 19.8 Å². The quantitative estimate of drug-likeness (QED) is 0.267. The van der Waals surface area contributed by atoms with E-state index in [1.54, 1.807) is 37.3 Å². The fourth-order valence-corrected chi connectivity index (χ4v) is 1.79. The smallest absolute Gasteiger partial charge is 0.327 e. The van der Waals surface area contributed by atoms with Gasteiger partial charge in [-0.2, -0.15) is 0 Å². The first-order valence-electron chi connectivity index (χ1n) is 6.70. The van der Waals surface area contributed by atoms with E-state index in [-0.39, 0.29) is 26.0 Å². The Morgan fingerprint density at radius 3 is 2.32 bits per heavy atom. The molecular weight excluding hydrogens is 310 g/mol. The van der Waals surface area contributed by atoms with Gasteiger partial charge in [0, 0.05) is 24.6 Å². The summed E-state index contributed by atoms with van der Waals surface area (Å²) in [6.07, 6.45) is -0.265. The van der Waals surface area contributed by atoms with E-state index in [4.69, 9.17) is 17.6 Å². The van der Waals surface area contributed by atoms with Crippen molar-refractivity contribution in [1.82, 2.24) is 5.01 Å². The third-order valence-electron chi connectivity index (χ3n) is 2.68. The molecule has 22 heavy (non-hydrogen) atoms. The van der Waals surface area contributed by atoms with Crippen LogP contribution in [-0.4, -0.2) is 35.9 Å². The van der Waals surface area contributed by atoms with Crippen LogP contribution in [0.4, 0.5) is 5.69 Å². The number of anilines is 1. The summed E-state index contributed by atoms with van der Waals surface area (Å²) in [5.41, 5.74) is 0.512. The molecular formula is C14H18ClN3O4. The zero-order chi connectivity index (χ0) is 16.5. The molecule has 0 unspecified atom stereocenters. The van der Waals surface area contributed by atoms with Gasteiger partial charge in [0.1, 0.15) is 6.54 Å². The van der Waals surface area contributed by atoms with E-state index in [2.05, 4.69) is 4.74 Å². The second-order valence-corrected chi connectivity index (χ2v) is 4.67. The number of carbonyl (C=O) groups excluding carboxylic acids is 3. The van der Waals surface area contributed by atoms with Gasteiger partial charge in [-0.3, -0.25) is 19.4 Å². The van der Waals surface area contributed by atoms with Crippen LogP contribution in [0.15, 0.2) is 30.3 Å². The van der Waals surface area contributed by atoms with Crippen LogP contribution in [-0.2, 0) is 19.1 Å². The fourth-order valence-electron chi connectivity index (χ4n) is 1.59. The molecule has 120 valence electrons. The van der Waals surface area contributed by atoms with Gasteiger partial charge in [0.2, 0.25) is 11.8 Å². The Morgan fingerprint density at radius 1 is 1.14 bits per heavy atom. The number of hydrogen-bond donors (Lipinski definition) is 1. The van der Waals surface area contributed by atoms with E-state index < -0.39 is 17.8 Å². The lowest BCUT2D eigenvalue weighted by Crippen LogP contribution is -2.42. The number of ether oxygens (including phenoxy) is 1. The summed E-state index contributed by atoms with van der Waals surface area (Å²) in [5.74, 6) is 3.86. The van der Waals surface area contributed by atoms with E-state index in [1.807, 2.05) is 0 Å². The number of carbonyl (C=O) groups is 3. The average Bonchev–Trinajstić information content (AvgIpc) is 2.52. The summed E-state index contributed by atoms with van der Waals surface area (Å²) in [7, 11) is 0. The van der Waals surface area contributed by atoms with Gasteiger partial charge < -0.3 is 4.74 Å². The van der Waals surface area contributed by atoms with Gasteiger partial charge in [0.15, 0.2) is 0 Å². The molecule has 0 aliphatic carbocycles. The first-order chi connectivity index (χ1) is 10.5. The Bertz CT molecular complexity index is 524. The van der Waals surface area contributed by atoms with Crippen LogP contribution in [0, 0.1) is 0 Å². The highest BCUT2D eigenvalue weighted by Gasteiger charge is 2.18. The Labute approximate surface area is 133 Å². The van der Waals surface area contributed by atoms with Crippen LogP contribution < -0.4 is 10.3 Å². The predicted molar refractivity (Wildman–Crippen MR) is 81.5 cm³/mol. The number of nitrogens with two attached hydrogens (primary N) is 1. The van der Waals surface area contributed by atoms with E-state index in [0.717, 1.165) is 9.43 Å². The standard InChI is InChI=1S/C14H18ClN3O4/c1-2-22-14(21)10-17(16)12(19)8-9-13(20)18(15)11-6-4-3-5-7-11/h3-7H,2,8-10,16H2,1H3. The number of hydrogen-bond acceptors (Lipinski definition) is 5. The van der Waals surface area contributed by atoms with Gasteiger partial charge >= 0.3 is 5.97 Å². The molecule has 1 aromatic carbocycles. The second-order valence-electron chi connectivity index (χ2n) is 4.34. The van der Waals surface area contributed by atoms with Gasteiger partial charge in [0.25, 0.3) is 0 Å². The summed E-state index contributed by atoms with van der Waals surface area (Å²) in [6, 6.07) is 8.61. The lowest BCUT2D eigenvalue weighted by atomic mass is 10.2. The Morgan fingerprint density at radius 2 is 1.73 bits per heavy atom. The van der Waals surface area contributed by atoms with Crippen molar-refractivity contribution in [2.24, 2.45) is 5.84 Å². The van der Waals surface area contributed by atoms with E-state index >= 15 is 0 Å². The molecule has 0 aliphatic rings. The molecule has 0 aliphatic heterocycles. The van der Waals surface area contributed by atoms with Gasteiger partial charge in [-0.25, -0.2) is 10.3 Å². The van der Waals surface area contributed by atoms with Crippen molar-refractivity contribution in [1.29, 1.82) is 0 Å². The number of para-hydroxylation sites is 1. The first-order valence-corrected chi connectivity index (χ1v) is 7.04. The number of amides is 2. The Balaban J connectivity index is 2.43. The van der Waals surface area contributed by atoms with E-state index in [9.17, 15) is 14.4 Å². The molecule has 0 bridgehead atoms. The van der Waals surface area contributed by atoms with Crippen LogP contribution in [0.1, 0.15) is 19.8 Å². The van der Waals surface area contributed by atoms with Gasteiger partial charge in [-0.1, -0.05) is 18.2 Å². The van der Waals surface area contributed by atoms with Crippen molar-refractivity contribution in [2.75, 3.05) is 17.6 Å². The number of benzene rings is 1. The van der Waals surface area contributed by atoms with Crippen molar-refractivity contribution in [3.05, 3.63) is 30.3 Å². The zero-order valence-electron chi connectivity index (χ0n) is 12.2. The number of hydrazine groups is 1. The first kappa shape index (κ1) is 17.9. The lowest BCUT2D eigenvalue weighted by Gasteiger charge is -2.17. The molecule has 0 saturated carbocycles. The molecule has 7 nitrogen and oxygen atoms in total. The van der Waals surface area contributed by atoms with Crippen molar-refractivity contribution < 1.29 is 19.1 Å². The van der Waals surface area contributed by atoms with Crippen molar-refractivity contribution in [3.8, 4) is 0 Å². The van der Waals surface area contributed by atoms with Crippen LogP contribution in [0.5, 0.6) is 0 Å². The van der Waals surface area contributed by atoms with Crippen LogP contribution in [0.2, 0.25) is 0 Å². The van der Waals surface area contributed by atoms with Gasteiger partial charge in [0.05, 0.1) is 12.3 Å². The molecule has 2 amide bonds. The third-order valence-corrected chi connectivity index (χ3v) is 3.06. The molecule has 1 aromatic rings. The maximum atomic E-state index is 11.9. The van der Waals surface area contributed by atoms with Gasteiger partial charge in [-0.05, 0) is 19.1 Å². The highest BCUT2D eigenvalue weighted by atomic mass is 35.5. The Hall–Kier alpha value is -2.12. The molecule has 2 N–H and O–H groups in total. The summed E-state index contributed by atoms with van der Waals surface area (Å²) in [4.78, 5) is 34.8. The normalized spacial score (nSPS) is 9.95. The largest absolute Gasteiger partial charge is 0.465 e. The monoisotopic (exact) mass is 327 g/mol. The summed E-state index contributed by atoms with van der Waals surface area (Å²) in [5, 5.41) is 0.729. The van der Waals surface area contributed by atoms with E-state index in [0.29, 0.717) is 5.69 Å². The van der Waals surface area contributed by atoms with Crippen molar-refractivity contribution in [3.63, 3.8) is 0 Å². The molecule has 0 radical (unpaired) electrons. The molecule has 0 heterocycles. The molecule has 0 spiro atoms. The number of nitrogens with zero attached hydrogens (tertiary/aromatic N) is 2. The molecule has 0 aromatic heterocycles. The van der Waals surface area contributed by atoms with E-state index in [1.165, 1.54) is 0 Å². The topological polar surface area (TPSA) is 92.9 Å². The minimum Gasteiger partial charge on any atom is -0.465 e. The van der Waals surface area contributed by atoms with Gasteiger partial charge in [-0.15, -0.1) is 0 Å². The fraction of sp³-hybridized carbons (Fsp3) is 0.357. The summed E-state index contributed by atoms with van der Waals surface area (Å²) >= 11 is 5.90.